The van der Waals surface area contributed by atoms with Crippen molar-refractivity contribution in [1.29, 1.82) is 0 Å². The molecule has 19 heavy (non-hydrogen) atoms. The molecule has 2 rings (SSSR count). The van der Waals surface area contributed by atoms with E-state index in [-0.39, 0.29) is 10.8 Å². The summed E-state index contributed by atoms with van der Waals surface area (Å²) in [5.41, 5.74) is 1.67. The molecule has 104 valence electrons. The van der Waals surface area contributed by atoms with Gasteiger partial charge in [0, 0.05) is 15.0 Å². The Balaban J connectivity index is 2.70. The lowest BCUT2D eigenvalue weighted by Crippen LogP contribution is -2.10. The summed E-state index contributed by atoms with van der Waals surface area (Å²) in [5, 5.41) is 1.24. The smallest absolute Gasteiger partial charge is 0.127 e. The molecule has 0 atom stereocenters. The van der Waals surface area contributed by atoms with Crippen LogP contribution in [-0.4, -0.2) is 7.11 Å². The summed E-state index contributed by atoms with van der Waals surface area (Å²) < 4.78 is 6.92. The zero-order valence-electron chi connectivity index (χ0n) is 13.0. The van der Waals surface area contributed by atoms with Gasteiger partial charge in [-0.25, -0.2) is 0 Å². The molecule has 0 aliphatic heterocycles. The zero-order valence-corrected chi connectivity index (χ0v) is 13.9. The van der Waals surface area contributed by atoms with Crippen LogP contribution in [0.15, 0.2) is 18.2 Å². The van der Waals surface area contributed by atoms with Crippen molar-refractivity contribution in [1.82, 2.24) is 0 Å². The molecule has 1 heterocycles. The highest BCUT2D eigenvalue weighted by Gasteiger charge is 2.21. The normalized spacial score (nSPS) is 13.0. The molecule has 0 radical (unpaired) electrons. The highest BCUT2D eigenvalue weighted by molar-refractivity contribution is 7.19. The predicted molar refractivity (Wildman–Crippen MR) is 85.8 cm³/mol. The molecule has 2 aromatic rings. The van der Waals surface area contributed by atoms with E-state index in [1.165, 1.54) is 20.5 Å². The van der Waals surface area contributed by atoms with E-state index in [0.29, 0.717) is 0 Å². The van der Waals surface area contributed by atoms with Crippen LogP contribution < -0.4 is 4.74 Å². The summed E-state index contributed by atoms with van der Waals surface area (Å²) in [6.07, 6.45) is 0. The van der Waals surface area contributed by atoms with E-state index < -0.39 is 0 Å². The van der Waals surface area contributed by atoms with Gasteiger partial charge in [0.05, 0.1) is 7.11 Å². The Bertz CT molecular complexity index is 594. The average molecular weight is 276 g/mol. The first-order valence-corrected chi connectivity index (χ1v) is 7.57. The molecule has 0 N–H and O–H groups in total. The number of rotatable bonds is 1. The van der Waals surface area contributed by atoms with Crippen molar-refractivity contribution >= 4 is 21.4 Å². The highest BCUT2D eigenvalue weighted by Crippen LogP contribution is 2.41. The van der Waals surface area contributed by atoms with Crippen LogP contribution in [0.5, 0.6) is 5.75 Å². The molecule has 2 heteroatoms. The van der Waals surface area contributed by atoms with Crippen molar-refractivity contribution in [3.8, 4) is 5.75 Å². The number of hydrogen-bond acceptors (Lipinski definition) is 2. The molecule has 0 aliphatic rings. The van der Waals surface area contributed by atoms with Crippen LogP contribution in [0.25, 0.3) is 10.1 Å². The molecule has 1 aromatic carbocycles. The molecule has 0 spiro atoms. The number of benzene rings is 1. The average Bonchev–Trinajstić information content (AvgIpc) is 2.69. The lowest BCUT2D eigenvalue weighted by molar-refractivity contribution is 0.418. The van der Waals surface area contributed by atoms with Crippen molar-refractivity contribution in [3.05, 3.63) is 28.6 Å². The molecular formula is C17H24OS. The Labute approximate surface area is 120 Å². The number of ether oxygens (including phenoxy) is 1. The van der Waals surface area contributed by atoms with Crippen molar-refractivity contribution in [2.24, 2.45) is 0 Å². The van der Waals surface area contributed by atoms with Crippen molar-refractivity contribution < 1.29 is 4.74 Å². The summed E-state index contributed by atoms with van der Waals surface area (Å²) >= 11 is 1.88. The lowest BCUT2D eigenvalue weighted by atomic mass is 9.86. The fourth-order valence-electron chi connectivity index (χ4n) is 2.08. The molecule has 0 amide bonds. The van der Waals surface area contributed by atoms with Gasteiger partial charge < -0.3 is 4.74 Å². The van der Waals surface area contributed by atoms with Crippen LogP contribution in [0.4, 0.5) is 0 Å². The molecule has 0 saturated heterocycles. The Kier molecular flexibility index (Phi) is 3.42. The maximum atomic E-state index is 5.60. The first kappa shape index (κ1) is 14.4. The van der Waals surface area contributed by atoms with Gasteiger partial charge in [-0.3, -0.25) is 0 Å². The van der Waals surface area contributed by atoms with E-state index in [1.54, 1.807) is 7.11 Å². The van der Waals surface area contributed by atoms with E-state index in [9.17, 15) is 0 Å². The van der Waals surface area contributed by atoms with Gasteiger partial charge >= 0.3 is 0 Å². The quantitative estimate of drug-likeness (QED) is 0.667. The molecule has 0 fully saturated rings. The molecule has 0 unspecified atom stereocenters. The number of hydrogen-bond donors (Lipinski definition) is 0. The van der Waals surface area contributed by atoms with Crippen LogP contribution in [0.3, 0.4) is 0 Å². The van der Waals surface area contributed by atoms with Crippen LogP contribution in [-0.2, 0) is 10.8 Å². The number of thiophene rings is 1. The summed E-state index contributed by atoms with van der Waals surface area (Å²) in [6.45, 7) is 13.5. The van der Waals surface area contributed by atoms with Gasteiger partial charge in [0.25, 0.3) is 0 Å². The van der Waals surface area contributed by atoms with E-state index in [4.69, 9.17) is 4.74 Å². The van der Waals surface area contributed by atoms with Crippen LogP contribution in [0.2, 0.25) is 0 Å². The van der Waals surface area contributed by atoms with Gasteiger partial charge in [0.1, 0.15) is 5.75 Å². The fraction of sp³-hybridized carbons (Fsp3) is 0.529. The Morgan fingerprint density at radius 3 is 2.00 bits per heavy atom. The minimum atomic E-state index is 0.146. The van der Waals surface area contributed by atoms with Crippen molar-refractivity contribution in [2.75, 3.05) is 7.11 Å². The van der Waals surface area contributed by atoms with E-state index in [2.05, 4.69) is 59.7 Å². The minimum Gasteiger partial charge on any atom is -0.496 e. The SMILES string of the molecule is COc1cc(C(C)(C)C)cc2sc(C(C)(C)C)cc12. The summed E-state index contributed by atoms with van der Waals surface area (Å²) in [7, 11) is 1.76. The Morgan fingerprint density at radius 1 is 0.895 bits per heavy atom. The third kappa shape index (κ3) is 2.79. The second-order valence-electron chi connectivity index (χ2n) is 7.20. The van der Waals surface area contributed by atoms with Crippen molar-refractivity contribution in [3.63, 3.8) is 0 Å². The van der Waals surface area contributed by atoms with Gasteiger partial charge in [-0.15, -0.1) is 11.3 Å². The monoisotopic (exact) mass is 276 g/mol. The Morgan fingerprint density at radius 2 is 1.53 bits per heavy atom. The first-order valence-electron chi connectivity index (χ1n) is 6.75. The van der Waals surface area contributed by atoms with E-state index in [1.807, 2.05) is 11.3 Å². The van der Waals surface area contributed by atoms with E-state index >= 15 is 0 Å². The van der Waals surface area contributed by atoms with Gasteiger partial charge in [0.2, 0.25) is 0 Å². The second-order valence-corrected chi connectivity index (χ2v) is 8.28. The standard InChI is InChI=1S/C17H24OS/c1-16(2,3)11-8-13(18-7)12-10-15(17(4,5)6)19-14(12)9-11/h8-10H,1-7H3. The lowest BCUT2D eigenvalue weighted by Gasteiger charge is -2.20. The molecule has 0 bridgehead atoms. The molecular weight excluding hydrogens is 252 g/mol. The van der Waals surface area contributed by atoms with Gasteiger partial charge in [-0.2, -0.15) is 0 Å². The van der Waals surface area contributed by atoms with Gasteiger partial charge in [0.15, 0.2) is 0 Å². The largest absolute Gasteiger partial charge is 0.496 e. The summed E-state index contributed by atoms with van der Waals surface area (Å²) in [4.78, 5) is 1.41. The van der Waals surface area contributed by atoms with Gasteiger partial charge in [-0.1, -0.05) is 41.5 Å². The third-order valence-corrected chi connectivity index (χ3v) is 4.93. The zero-order chi connectivity index (χ0) is 14.4. The third-order valence-electron chi connectivity index (χ3n) is 3.42. The Hall–Kier alpha value is -1.02. The maximum Gasteiger partial charge on any atom is 0.127 e. The molecule has 1 nitrogen and oxygen atoms in total. The molecule has 1 aromatic heterocycles. The number of methoxy groups -OCH3 is 1. The van der Waals surface area contributed by atoms with Crippen LogP contribution in [0.1, 0.15) is 52.0 Å². The molecule has 0 aliphatic carbocycles. The first-order chi connectivity index (χ1) is 8.63. The summed E-state index contributed by atoms with van der Waals surface area (Å²) in [6, 6.07) is 6.78. The summed E-state index contributed by atoms with van der Waals surface area (Å²) in [5.74, 6) is 0.995. The van der Waals surface area contributed by atoms with Gasteiger partial charge in [-0.05, 0) is 34.6 Å². The predicted octanol–water partition coefficient (Wildman–Crippen LogP) is 5.50. The number of fused-ring (bicyclic) bond motifs is 1. The van der Waals surface area contributed by atoms with Crippen molar-refractivity contribution in [2.45, 2.75) is 52.4 Å². The topological polar surface area (TPSA) is 9.23 Å². The second kappa shape index (κ2) is 4.52. The van der Waals surface area contributed by atoms with Crippen LogP contribution in [0, 0.1) is 0 Å². The highest BCUT2D eigenvalue weighted by atomic mass is 32.1. The van der Waals surface area contributed by atoms with Crippen LogP contribution >= 0.6 is 11.3 Å². The van der Waals surface area contributed by atoms with E-state index in [0.717, 1.165) is 5.75 Å². The fourth-order valence-corrected chi connectivity index (χ4v) is 3.25. The molecule has 0 saturated carbocycles. The maximum absolute atomic E-state index is 5.60. The minimum absolute atomic E-state index is 0.146.